The summed E-state index contributed by atoms with van der Waals surface area (Å²) in [5.74, 6) is -0.226. The molecule has 1 N–H and O–H groups in total. The highest BCUT2D eigenvalue weighted by molar-refractivity contribution is 6.31. The van der Waals surface area contributed by atoms with Crippen molar-refractivity contribution in [2.45, 2.75) is 32.7 Å². The average Bonchev–Trinajstić information content (AvgIpc) is 2.94. The Hall–Kier alpha value is -2.67. The van der Waals surface area contributed by atoms with E-state index in [9.17, 15) is 19.7 Å². The minimum atomic E-state index is -0.504. The largest absolute Gasteiger partial charge is 0.354 e. The molecule has 0 saturated heterocycles. The fourth-order valence-electron chi connectivity index (χ4n) is 3.30. The van der Waals surface area contributed by atoms with E-state index in [0.29, 0.717) is 33.8 Å². The number of aryl methyl sites for hydroxylation is 1. The fraction of sp³-hybridized carbons (Fsp3) is 0.333. The number of nitrogens with zero attached hydrogens (tertiary/aromatic N) is 2. The number of amides is 1. The molecule has 136 valence electrons. The molecule has 26 heavy (non-hydrogen) atoms. The molecule has 0 saturated carbocycles. The monoisotopic (exact) mass is 375 g/mol. The van der Waals surface area contributed by atoms with Crippen molar-refractivity contribution >= 4 is 29.0 Å². The van der Waals surface area contributed by atoms with Crippen LogP contribution in [0.4, 0.5) is 5.69 Å². The van der Waals surface area contributed by atoms with Gasteiger partial charge in [-0.15, -0.1) is 0 Å². The number of ketones is 1. The van der Waals surface area contributed by atoms with E-state index >= 15 is 0 Å². The summed E-state index contributed by atoms with van der Waals surface area (Å²) < 4.78 is 0. The predicted octanol–water partition coefficient (Wildman–Crippen LogP) is 3.68. The van der Waals surface area contributed by atoms with Gasteiger partial charge in [-0.05, 0) is 37.0 Å². The average molecular weight is 376 g/mol. The first-order valence-electron chi connectivity index (χ1n) is 8.22. The summed E-state index contributed by atoms with van der Waals surface area (Å²) in [6.07, 6.45) is 2.02. The number of nitro groups is 1. The van der Waals surface area contributed by atoms with Gasteiger partial charge in [-0.25, -0.2) is 0 Å². The Balaban J connectivity index is 1.86. The minimum absolute atomic E-state index is 0.0587. The molecule has 1 aromatic heterocycles. The Bertz CT molecular complexity index is 919. The van der Waals surface area contributed by atoms with Gasteiger partial charge in [-0.1, -0.05) is 11.6 Å². The van der Waals surface area contributed by atoms with E-state index in [-0.39, 0.29) is 23.9 Å². The van der Waals surface area contributed by atoms with Crippen molar-refractivity contribution < 1.29 is 14.5 Å². The number of hydrogen-bond donors (Lipinski definition) is 1. The molecular formula is C18H18ClN3O4. The molecule has 0 unspecified atom stereocenters. The number of Topliss-reactive ketones (excluding diaryl/α,β-unsaturated/α-hetero) is 1. The topological polar surface area (TPSA) is 96.3 Å². The number of rotatable bonds is 4. The zero-order valence-corrected chi connectivity index (χ0v) is 15.2. The Morgan fingerprint density at radius 2 is 2.12 bits per heavy atom. The van der Waals surface area contributed by atoms with Crippen LogP contribution in [0.1, 0.15) is 50.5 Å². The number of hydrogen-bond acceptors (Lipinski definition) is 4. The summed E-state index contributed by atoms with van der Waals surface area (Å²) in [5, 5.41) is 11.3. The third-order valence-electron chi connectivity index (χ3n) is 4.65. The van der Waals surface area contributed by atoms with Crippen molar-refractivity contribution in [3.8, 4) is 0 Å². The fourth-order valence-corrected chi connectivity index (χ4v) is 3.48. The molecule has 1 aromatic carbocycles. The molecule has 0 bridgehead atoms. The van der Waals surface area contributed by atoms with Crippen LogP contribution in [0.2, 0.25) is 5.02 Å². The molecule has 1 aliphatic carbocycles. The molecule has 2 aromatic rings. The summed E-state index contributed by atoms with van der Waals surface area (Å²) in [6.45, 7) is 1.89. The number of carbonyl (C=O) groups excluding carboxylic acids is 2. The van der Waals surface area contributed by atoms with Crippen LogP contribution in [0.25, 0.3) is 0 Å². The van der Waals surface area contributed by atoms with Crippen LogP contribution in [0.5, 0.6) is 0 Å². The molecule has 7 nitrogen and oxygen atoms in total. The van der Waals surface area contributed by atoms with Crippen LogP contribution in [0.3, 0.4) is 0 Å². The van der Waals surface area contributed by atoms with Gasteiger partial charge in [0.25, 0.3) is 11.6 Å². The number of carbonyl (C=O) groups is 2. The highest BCUT2D eigenvalue weighted by Crippen LogP contribution is 2.28. The number of H-pyrrole nitrogens is 1. The molecule has 0 fully saturated rings. The van der Waals surface area contributed by atoms with Gasteiger partial charge in [0, 0.05) is 48.4 Å². The Labute approximate surface area is 155 Å². The highest BCUT2D eigenvalue weighted by Gasteiger charge is 2.27. The number of halogens is 1. The molecule has 0 spiro atoms. The molecule has 1 heterocycles. The number of aromatic nitrogens is 1. The summed E-state index contributed by atoms with van der Waals surface area (Å²) in [4.78, 5) is 39.9. The first kappa shape index (κ1) is 18.1. The molecule has 0 radical (unpaired) electrons. The Morgan fingerprint density at radius 1 is 1.38 bits per heavy atom. The van der Waals surface area contributed by atoms with E-state index < -0.39 is 4.92 Å². The van der Waals surface area contributed by atoms with Gasteiger partial charge in [0.15, 0.2) is 5.78 Å². The van der Waals surface area contributed by atoms with Gasteiger partial charge in [-0.2, -0.15) is 0 Å². The van der Waals surface area contributed by atoms with Gasteiger partial charge in [0.05, 0.1) is 4.92 Å². The first-order chi connectivity index (χ1) is 12.3. The summed E-state index contributed by atoms with van der Waals surface area (Å²) in [5.41, 5.74) is 2.88. The van der Waals surface area contributed by atoms with Crippen molar-refractivity contribution in [1.82, 2.24) is 9.88 Å². The van der Waals surface area contributed by atoms with E-state index in [2.05, 4.69) is 4.98 Å². The van der Waals surface area contributed by atoms with E-state index in [1.807, 2.05) is 0 Å². The highest BCUT2D eigenvalue weighted by atomic mass is 35.5. The van der Waals surface area contributed by atoms with Gasteiger partial charge in [-0.3, -0.25) is 19.7 Å². The summed E-state index contributed by atoms with van der Waals surface area (Å²) in [7, 11) is 1.60. The molecule has 8 heteroatoms. The second-order valence-electron chi connectivity index (χ2n) is 6.45. The summed E-state index contributed by atoms with van der Waals surface area (Å²) in [6, 6.07) is 4.13. The van der Waals surface area contributed by atoms with Crippen molar-refractivity contribution in [2.75, 3.05) is 7.05 Å². The van der Waals surface area contributed by atoms with Gasteiger partial charge >= 0.3 is 0 Å². The van der Waals surface area contributed by atoms with Crippen molar-refractivity contribution in [3.05, 3.63) is 61.4 Å². The van der Waals surface area contributed by atoms with E-state index in [0.717, 1.165) is 18.5 Å². The molecule has 3 rings (SSSR count). The van der Waals surface area contributed by atoms with Crippen molar-refractivity contribution in [1.29, 1.82) is 0 Å². The Morgan fingerprint density at radius 3 is 2.77 bits per heavy atom. The number of non-ortho nitro benzene ring substituents is 1. The van der Waals surface area contributed by atoms with Gasteiger partial charge in [0.2, 0.25) is 0 Å². The van der Waals surface area contributed by atoms with Crippen LogP contribution in [-0.4, -0.2) is 33.5 Å². The van der Waals surface area contributed by atoms with Crippen LogP contribution >= 0.6 is 11.6 Å². The van der Waals surface area contributed by atoms with E-state index in [1.165, 1.54) is 23.1 Å². The molecule has 0 atom stereocenters. The smallest absolute Gasteiger partial charge is 0.270 e. The van der Waals surface area contributed by atoms with Gasteiger partial charge in [0.1, 0.15) is 5.69 Å². The number of fused-ring (bicyclic) bond motifs is 1. The molecular weight excluding hydrogens is 358 g/mol. The lowest BCUT2D eigenvalue weighted by Gasteiger charge is -2.18. The van der Waals surface area contributed by atoms with Crippen molar-refractivity contribution in [3.63, 3.8) is 0 Å². The van der Waals surface area contributed by atoms with Crippen molar-refractivity contribution in [2.24, 2.45) is 0 Å². The third kappa shape index (κ3) is 3.22. The van der Waals surface area contributed by atoms with Gasteiger partial charge < -0.3 is 9.88 Å². The Kier molecular flexibility index (Phi) is 4.82. The number of nitro benzene ring substituents is 1. The minimum Gasteiger partial charge on any atom is -0.354 e. The van der Waals surface area contributed by atoms with E-state index in [4.69, 9.17) is 11.6 Å². The normalized spacial score (nSPS) is 13.4. The van der Waals surface area contributed by atoms with Crippen LogP contribution in [-0.2, 0) is 13.0 Å². The quantitative estimate of drug-likeness (QED) is 0.651. The lowest BCUT2D eigenvalue weighted by molar-refractivity contribution is -0.384. The molecule has 1 amide bonds. The maximum atomic E-state index is 12.8. The first-order valence-corrected chi connectivity index (χ1v) is 8.60. The maximum Gasteiger partial charge on any atom is 0.270 e. The van der Waals surface area contributed by atoms with Crippen LogP contribution in [0, 0.1) is 17.0 Å². The molecule has 0 aliphatic heterocycles. The van der Waals surface area contributed by atoms with Crippen LogP contribution < -0.4 is 0 Å². The number of benzene rings is 1. The number of nitrogens with one attached hydrogen (secondary N) is 1. The maximum absolute atomic E-state index is 12.8. The predicted molar refractivity (Wildman–Crippen MR) is 96.7 cm³/mol. The van der Waals surface area contributed by atoms with E-state index in [1.54, 1.807) is 14.0 Å². The lowest BCUT2D eigenvalue weighted by atomic mass is 9.94. The summed E-state index contributed by atoms with van der Waals surface area (Å²) >= 11 is 6.12. The zero-order valence-electron chi connectivity index (χ0n) is 14.5. The second-order valence-corrected chi connectivity index (χ2v) is 6.86. The SMILES string of the molecule is Cc1c(C(=O)N(C)Cc2cc([N+](=O)[O-])ccc2Cl)[nH]c2c1C(=O)CCC2. The zero-order chi connectivity index (χ0) is 19.0. The standard InChI is InChI=1S/C18H18ClN3O4/c1-10-16-14(4-3-5-15(16)23)20-17(10)18(24)21(2)9-11-8-12(22(25)26)6-7-13(11)19/h6-8,20H,3-5,9H2,1-2H3. The molecule has 1 aliphatic rings. The lowest BCUT2D eigenvalue weighted by Crippen LogP contribution is -2.27. The third-order valence-corrected chi connectivity index (χ3v) is 5.01. The van der Waals surface area contributed by atoms with Crippen LogP contribution in [0.15, 0.2) is 18.2 Å². The second kappa shape index (κ2) is 6.92. The number of aromatic amines is 1.